The topological polar surface area (TPSA) is 26.0 Å². The highest BCUT2D eigenvalue weighted by molar-refractivity contribution is 5.31. The van der Waals surface area contributed by atoms with E-state index < -0.39 is 17.2 Å². The fourth-order valence-corrected chi connectivity index (χ4v) is 1.29. The van der Waals surface area contributed by atoms with Gasteiger partial charge in [0.25, 0.3) is 0 Å². The quantitative estimate of drug-likeness (QED) is 0.682. The van der Waals surface area contributed by atoms with Crippen LogP contribution in [0.15, 0.2) is 18.2 Å². The van der Waals surface area contributed by atoms with Crippen molar-refractivity contribution in [2.24, 2.45) is 5.73 Å². The molecular formula is C9H9F2N. The minimum atomic E-state index is -0.816. The van der Waals surface area contributed by atoms with Crippen LogP contribution in [0, 0.1) is 11.6 Å². The van der Waals surface area contributed by atoms with Crippen LogP contribution in [0.5, 0.6) is 0 Å². The molecule has 1 aromatic rings. The van der Waals surface area contributed by atoms with Gasteiger partial charge in [-0.25, -0.2) is 8.78 Å². The van der Waals surface area contributed by atoms with Crippen LogP contribution in [-0.2, 0) is 5.54 Å². The maximum absolute atomic E-state index is 13.1. The zero-order valence-electron chi connectivity index (χ0n) is 6.48. The Hall–Kier alpha value is -0.960. The number of hydrogen-bond acceptors (Lipinski definition) is 1. The summed E-state index contributed by atoms with van der Waals surface area (Å²) in [6.45, 7) is 0. The SMILES string of the molecule is NC1(c2cccc(F)c2F)CC1. The summed E-state index contributed by atoms with van der Waals surface area (Å²) in [5.41, 5.74) is 5.45. The third kappa shape index (κ3) is 1.01. The highest BCUT2D eigenvalue weighted by Crippen LogP contribution is 2.43. The standard InChI is InChI=1S/C9H9F2N/c10-7-3-1-2-6(8(7)11)9(12)4-5-9/h1-3H,4-5,12H2. The molecule has 0 unspecified atom stereocenters. The first-order chi connectivity index (χ1) is 5.63. The lowest BCUT2D eigenvalue weighted by atomic mass is 10.1. The van der Waals surface area contributed by atoms with Crippen molar-refractivity contribution in [3.8, 4) is 0 Å². The van der Waals surface area contributed by atoms with E-state index in [1.165, 1.54) is 6.07 Å². The Bertz CT molecular complexity index is 318. The molecule has 1 fully saturated rings. The fraction of sp³-hybridized carbons (Fsp3) is 0.333. The maximum Gasteiger partial charge on any atom is 0.163 e. The molecule has 1 saturated carbocycles. The molecule has 1 aliphatic rings. The van der Waals surface area contributed by atoms with Crippen LogP contribution in [0.25, 0.3) is 0 Å². The maximum atomic E-state index is 13.1. The average Bonchev–Trinajstić information content (AvgIpc) is 2.75. The summed E-state index contributed by atoms with van der Waals surface area (Å²) < 4.78 is 25.8. The van der Waals surface area contributed by atoms with E-state index in [1.54, 1.807) is 6.07 Å². The molecule has 0 spiro atoms. The van der Waals surface area contributed by atoms with E-state index >= 15 is 0 Å². The van der Waals surface area contributed by atoms with Crippen molar-refractivity contribution in [3.63, 3.8) is 0 Å². The van der Waals surface area contributed by atoms with E-state index in [0.717, 1.165) is 18.9 Å². The Labute approximate surface area is 69.2 Å². The normalized spacial score (nSPS) is 19.2. The first-order valence-corrected chi connectivity index (χ1v) is 3.87. The summed E-state index contributed by atoms with van der Waals surface area (Å²) >= 11 is 0. The van der Waals surface area contributed by atoms with Gasteiger partial charge in [0.2, 0.25) is 0 Å². The highest BCUT2D eigenvalue weighted by atomic mass is 19.2. The molecule has 0 radical (unpaired) electrons. The molecule has 2 N–H and O–H groups in total. The van der Waals surface area contributed by atoms with Crippen LogP contribution >= 0.6 is 0 Å². The second kappa shape index (κ2) is 2.26. The minimum absolute atomic E-state index is 0.308. The molecule has 0 heterocycles. The lowest BCUT2D eigenvalue weighted by molar-refractivity contribution is 0.486. The van der Waals surface area contributed by atoms with Crippen molar-refractivity contribution in [1.82, 2.24) is 0 Å². The summed E-state index contributed by atoms with van der Waals surface area (Å²) in [5, 5.41) is 0. The van der Waals surface area contributed by atoms with Crippen LogP contribution < -0.4 is 5.73 Å². The Kier molecular flexibility index (Phi) is 1.45. The van der Waals surface area contributed by atoms with Crippen LogP contribution in [-0.4, -0.2) is 0 Å². The Balaban J connectivity index is 2.51. The van der Waals surface area contributed by atoms with Crippen molar-refractivity contribution in [3.05, 3.63) is 35.4 Å². The molecule has 0 amide bonds. The molecule has 1 nitrogen and oxygen atoms in total. The van der Waals surface area contributed by atoms with E-state index in [4.69, 9.17) is 5.73 Å². The third-order valence-electron chi connectivity index (χ3n) is 2.28. The van der Waals surface area contributed by atoms with Gasteiger partial charge in [0.1, 0.15) is 0 Å². The summed E-state index contributed by atoms with van der Waals surface area (Å²) in [6, 6.07) is 4.14. The second-order valence-corrected chi connectivity index (χ2v) is 3.26. The molecule has 0 saturated heterocycles. The largest absolute Gasteiger partial charge is 0.321 e. The van der Waals surface area contributed by atoms with Crippen molar-refractivity contribution < 1.29 is 8.78 Å². The van der Waals surface area contributed by atoms with Gasteiger partial charge >= 0.3 is 0 Å². The molecule has 0 bridgehead atoms. The Morgan fingerprint density at radius 1 is 1.25 bits per heavy atom. The van der Waals surface area contributed by atoms with Crippen molar-refractivity contribution in [2.75, 3.05) is 0 Å². The lowest BCUT2D eigenvalue weighted by Crippen LogP contribution is -2.20. The molecule has 0 aromatic heterocycles. The smallest absolute Gasteiger partial charge is 0.163 e. The molecule has 0 atom stereocenters. The van der Waals surface area contributed by atoms with E-state index in [0.29, 0.717) is 5.56 Å². The second-order valence-electron chi connectivity index (χ2n) is 3.26. The summed E-state index contributed by atoms with van der Waals surface area (Å²) in [5.74, 6) is -1.61. The molecule has 64 valence electrons. The summed E-state index contributed by atoms with van der Waals surface area (Å²) in [4.78, 5) is 0. The van der Waals surface area contributed by atoms with Gasteiger partial charge in [0, 0.05) is 11.1 Å². The molecule has 12 heavy (non-hydrogen) atoms. The van der Waals surface area contributed by atoms with Crippen LogP contribution in [0.2, 0.25) is 0 Å². The number of rotatable bonds is 1. The zero-order valence-corrected chi connectivity index (χ0v) is 6.48. The van der Waals surface area contributed by atoms with Gasteiger partial charge < -0.3 is 5.73 Å². The van der Waals surface area contributed by atoms with Crippen LogP contribution in [0.1, 0.15) is 18.4 Å². The fourth-order valence-electron chi connectivity index (χ4n) is 1.29. The molecular weight excluding hydrogens is 160 g/mol. The molecule has 2 rings (SSSR count). The van der Waals surface area contributed by atoms with Crippen molar-refractivity contribution >= 4 is 0 Å². The number of hydrogen-bond donors (Lipinski definition) is 1. The first kappa shape index (κ1) is 7.68. The number of halogens is 2. The van der Waals surface area contributed by atoms with Gasteiger partial charge in [-0.3, -0.25) is 0 Å². The lowest BCUT2D eigenvalue weighted by Gasteiger charge is -2.09. The summed E-state index contributed by atoms with van der Waals surface area (Å²) in [6.07, 6.45) is 1.49. The van der Waals surface area contributed by atoms with Crippen LogP contribution in [0.4, 0.5) is 8.78 Å². The monoisotopic (exact) mass is 169 g/mol. The predicted molar refractivity (Wildman–Crippen MR) is 41.5 cm³/mol. The van der Waals surface area contributed by atoms with Gasteiger partial charge in [-0.05, 0) is 18.9 Å². The predicted octanol–water partition coefficient (Wildman–Crippen LogP) is 1.91. The summed E-state index contributed by atoms with van der Waals surface area (Å²) in [7, 11) is 0. The average molecular weight is 169 g/mol. The first-order valence-electron chi connectivity index (χ1n) is 3.87. The number of benzene rings is 1. The highest BCUT2D eigenvalue weighted by Gasteiger charge is 2.42. The molecule has 1 aromatic carbocycles. The minimum Gasteiger partial charge on any atom is -0.321 e. The molecule has 1 aliphatic carbocycles. The molecule has 0 aliphatic heterocycles. The van der Waals surface area contributed by atoms with Gasteiger partial charge in [-0.1, -0.05) is 12.1 Å². The van der Waals surface area contributed by atoms with Gasteiger partial charge in [0.15, 0.2) is 11.6 Å². The zero-order chi connectivity index (χ0) is 8.77. The van der Waals surface area contributed by atoms with E-state index in [1.807, 2.05) is 0 Å². The van der Waals surface area contributed by atoms with Gasteiger partial charge in [0.05, 0.1) is 0 Å². The van der Waals surface area contributed by atoms with Crippen LogP contribution in [0.3, 0.4) is 0 Å². The number of nitrogens with two attached hydrogens (primary N) is 1. The third-order valence-corrected chi connectivity index (χ3v) is 2.28. The van der Waals surface area contributed by atoms with E-state index in [9.17, 15) is 8.78 Å². The van der Waals surface area contributed by atoms with E-state index in [-0.39, 0.29) is 0 Å². The Morgan fingerprint density at radius 3 is 2.50 bits per heavy atom. The Morgan fingerprint density at radius 2 is 1.92 bits per heavy atom. The van der Waals surface area contributed by atoms with E-state index in [2.05, 4.69) is 0 Å². The molecule has 3 heteroatoms. The van der Waals surface area contributed by atoms with Gasteiger partial charge in [-0.15, -0.1) is 0 Å². The van der Waals surface area contributed by atoms with Crippen molar-refractivity contribution in [2.45, 2.75) is 18.4 Å². The van der Waals surface area contributed by atoms with Gasteiger partial charge in [-0.2, -0.15) is 0 Å². The van der Waals surface area contributed by atoms with Crippen molar-refractivity contribution in [1.29, 1.82) is 0 Å².